The molecule has 6 nitrogen and oxygen atoms in total. The van der Waals surface area contributed by atoms with Crippen LogP contribution >= 0.6 is 46.4 Å². The van der Waals surface area contributed by atoms with Gasteiger partial charge in [-0.2, -0.15) is 0 Å². The second kappa shape index (κ2) is 8.14. The molecule has 0 fully saturated rings. The van der Waals surface area contributed by atoms with E-state index in [1.165, 1.54) is 6.07 Å². The Bertz CT molecular complexity index is 962. The molecule has 0 saturated heterocycles. The molecule has 0 bridgehead atoms. The molecule has 0 unspecified atom stereocenters. The number of carbonyl (C=O) groups is 1. The molecule has 26 heavy (non-hydrogen) atoms. The Hall–Kier alpha value is -1.99. The minimum atomic E-state index is -0.511. The van der Waals surface area contributed by atoms with Gasteiger partial charge < -0.3 is 9.15 Å². The zero-order valence-electron chi connectivity index (χ0n) is 12.8. The number of halogens is 4. The van der Waals surface area contributed by atoms with Gasteiger partial charge in [0.05, 0.1) is 15.6 Å². The second-order valence-corrected chi connectivity index (χ2v) is 6.64. The minimum absolute atomic E-state index is 0.105. The summed E-state index contributed by atoms with van der Waals surface area (Å²) >= 11 is 23.8. The van der Waals surface area contributed by atoms with E-state index in [0.29, 0.717) is 31.4 Å². The predicted octanol–water partition coefficient (Wildman–Crippen LogP) is 5.37. The van der Waals surface area contributed by atoms with E-state index < -0.39 is 5.91 Å². The summed E-state index contributed by atoms with van der Waals surface area (Å²) in [5, 5.41) is 11.6. The van der Waals surface area contributed by atoms with Crippen LogP contribution in [0.3, 0.4) is 0 Å². The van der Waals surface area contributed by atoms with E-state index in [-0.39, 0.29) is 18.5 Å². The highest BCUT2D eigenvalue weighted by Gasteiger charge is 2.15. The van der Waals surface area contributed by atoms with E-state index >= 15 is 0 Å². The number of ether oxygens (including phenoxy) is 1. The van der Waals surface area contributed by atoms with Crippen LogP contribution in [-0.2, 0) is 4.79 Å². The number of hydrogen-bond acceptors (Lipinski definition) is 5. The van der Waals surface area contributed by atoms with Gasteiger partial charge >= 0.3 is 6.01 Å². The van der Waals surface area contributed by atoms with E-state index in [0.717, 1.165) is 0 Å². The van der Waals surface area contributed by atoms with Gasteiger partial charge in [0.2, 0.25) is 0 Å². The molecule has 0 atom stereocenters. The molecule has 0 aliphatic rings. The molecule has 0 saturated carbocycles. The second-order valence-electron chi connectivity index (χ2n) is 4.95. The van der Waals surface area contributed by atoms with E-state index in [9.17, 15) is 4.79 Å². The van der Waals surface area contributed by atoms with Gasteiger partial charge in [0, 0.05) is 10.0 Å². The molecule has 3 aromatic rings. The number of nitrogens with zero attached hydrogens (tertiary/aromatic N) is 2. The maximum atomic E-state index is 12.0. The van der Waals surface area contributed by atoms with Crippen molar-refractivity contribution >= 4 is 58.3 Å². The minimum Gasteiger partial charge on any atom is -0.482 e. The molecule has 0 aliphatic carbocycles. The van der Waals surface area contributed by atoms with Crippen LogP contribution in [-0.4, -0.2) is 22.7 Å². The fraction of sp³-hybridized carbons (Fsp3) is 0.0625. The molecule has 134 valence electrons. The van der Waals surface area contributed by atoms with E-state index in [1.807, 2.05) is 0 Å². The summed E-state index contributed by atoms with van der Waals surface area (Å²) < 4.78 is 10.7. The third kappa shape index (κ3) is 4.59. The Kier molecular flexibility index (Phi) is 5.88. The lowest BCUT2D eigenvalue weighted by Crippen LogP contribution is -2.20. The number of hydrogen-bond donors (Lipinski definition) is 1. The predicted molar refractivity (Wildman–Crippen MR) is 100 cm³/mol. The lowest BCUT2D eigenvalue weighted by Gasteiger charge is -2.07. The zero-order chi connectivity index (χ0) is 18.7. The van der Waals surface area contributed by atoms with Crippen molar-refractivity contribution in [2.24, 2.45) is 0 Å². The Labute approximate surface area is 168 Å². The van der Waals surface area contributed by atoms with Crippen LogP contribution in [0.4, 0.5) is 6.01 Å². The first kappa shape index (κ1) is 18.8. The fourth-order valence-electron chi connectivity index (χ4n) is 1.93. The summed E-state index contributed by atoms with van der Waals surface area (Å²) in [4.78, 5) is 12.0. The summed E-state index contributed by atoms with van der Waals surface area (Å²) in [5.74, 6) is -0.0685. The van der Waals surface area contributed by atoms with Crippen LogP contribution in [0.5, 0.6) is 5.75 Å². The first-order valence-corrected chi connectivity index (χ1v) is 8.60. The van der Waals surface area contributed by atoms with E-state index in [4.69, 9.17) is 55.6 Å². The Morgan fingerprint density at radius 3 is 2.50 bits per heavy atom. The van der Waals surface area contributed by atoms with Crippen molar-refractivity contribution in [1.29, 1.82) is 0 Å². The topological polar surface area (TPSA) is 77.2 Å². The highest BCUT2D eigenvalue weighted by atomic mass is 35.5. The fourth-order valence-corrected chi connectivity index (χ4v) is 2.77. The monoisotopic (exact) mass is 431 g/mol. The van der Waals surface area contributed by atoms with Gasteiger partial charge in [-0.1, -0.05) is 51.5 Å². The van der Waals surface area contributed by atoms with Crippen LogP contribution in [0, 0.1) is 0 Å². The molecule has 10 heteroatoms. The summed E-state index contributed by atoms with van der Waals surface area (Å²) in [5.41, 5.74) is 0.455. The number of benzene rings is 2. The molecule has 1 aromatic heterocycles. The average molecular weight is 433 g/mol. The maximum absolute atomic E-state index is 12.0. The van der Waals surface area contributed by atoms with Gasteiger partial charge in [-0.15, -0.1) is 5.10 Å². The molecule has 3 rings (SSSR count). The number of carbonyl (C=O) groups excluding carboxylic acids is 1. The molecule has 1 amide bonds. The molecule has 0 spiro atoms. The Morgan fingerprint density at radius 2 is 1.73 bits per heavy atom. The summed E-state index contributed by atoms with van der Waals surface area (Å²) in [6.07, 6.45) is 0. The smallest absolute Gasteiger partial charge is 0.322 e. The number of amides is 1. The zero-order valence-corrected chi connectivity index (χ0v) is 15.8. The molecular formula is C16H9Cl4N3O3. The summed E-state index contributed by atoms with van der Waals surface area (Å²) in [6.45, 7) is -0.309. The highest BCUT2D eigenvalue weighted by Crippen LogP contribution is 2.30. The van der Waals surface area contributed by atoms with Gasteiger partial charge in [0.15, 0.2) is 6.61 Å². The van der Waals surface area contributed by atoms with Crippen molar-refractivity contribution < 1.29 is 13.9 Å². The van der Waals surface area contributed by atoms with Gasteiger partial charge in [-0.05, 0) is 36.4 Å². The van der Waals surface area contributed by atoms with Crippen molar-refractivity contribution in [3.05, 3.63) is 56.5 Å². The third-order valence-corrected chi connectivity index (χ3v) is 4.18. The number of rotatable bonds is 5. The normalized spacial score (nSPS) is 10.6. The molecule has 1 heterocycles. The van der Waals surface area contributed by atoms with Crippen LogP contribution in [0.2, 0.25) is 20.1 Å². The van der Waals surface area contributed by atoms with Crippen LogP contribution < -0.4 is 10.1 Å². The van der Waals surface area contributed by atoms with Crippen molar-refractivity contribution in [3.8, 4) is 17.2 Å². The van der Waals surface area contributed by atoms with Gasteiger partial charge in [0.1, 0.15) is 5.75 Å². The van der Waals surface area contributed by atoms with Crippen LogP contribution in [0.15, 0.2) is 40.8 Å². The van der Waals surface area contributed by atoms with Crippen molar-refractivity contribution in [1.82, 2.24) is 10.2 Å². The lowest BCUT2D eigenvalue weighted by molar-refractivity contribution is -0.118. The molecule has 0 aliphatic heterocycles. The first-order chi connectivity index (χ1) is 12.4. The maximum Gasteiger partial charge on any atom is 0.322 e. The molecule has 2 aromatic carbocycles. The quantitative estimate of drug-likeness (QED) is 0.586. The SMILES string of the molecule is O=C(COc1ccc(Cl)cc1Cl)Nc1nnc(-c2cc(Cl)ccc2Cl)o1. The molecular weight excluding hydrogens is 424 g/mol. The molecule has 0 radical (unpaired) electrons. The lowest BCUT2D eigenvalue weighted by atomic mass is 10.2. The average Bonchev–Trinajstić information content (AvgIpc) is 3.04. The van der Waals surface area contributed by atoms with Gasteiger partial charge in [0.25, 0.3) is 11.8 Å². The summed E-state index contributed by atoms with van der Waals surface area (Å²) in [7, 11) is 0. The third-order valence-electron chi connectivity index (χ3n) is 3.08. The van der Waals surface area contributed by atoms with Gasteiger partial charge in [-0.25, -0.2) is 0 Å². The standard InChI is InChI=1S/C16H9Cl4N3O3/c17-8-1-3-11(19)10(5-8)15-22-23-16(26-15)21-14(24)7-25-13-4-2-9(18)6-12(13)20/h1-6H,7H2,(H,21,23,24). The molecule has 1 N–H and O–H groups in total. The van der Waals surface area contributed by atoms with Crippen molar-refractivity contribution in [3.63, 3.8) is 0 Å². The summed E-state index contributed by atoms with van der Waals surface area (Å²) in [6, 6.07) is 9.37. The van der Waals surface area contributed by atoms with E-state index in [2.05, 4.69) is 15.5 Å². The van der Waals surface area contributed by atoms with Crippen molar-refractivity contribution in [2.75, 3.05) is 11.9 Å². The number of nitrogens with one attached hydrogen (secondary N) is 1. The van der Waals surface area contributed by atoms with E-state index in [1.54, 1.807) is 30.3 Å². The number of aromatic nitrogens is 2. The Morgan fingerprint density at radius 1 is 1.00 bits per heavy atom. The highest BCUT2D eigenvalue weighted by molar-refractivity contribution is 6.35. The largest absolute Gasteiger partial charge is 0.482 e. The van der Waals surface area contributed by atoms with Crippen LogP contribution in [0.25, 0.3) is 11.5 Å². The van der Waals surface area contributed by atoms with Gasteiger partial charge in [-0.3, -0.25) is 10.1 Å². The van der Waals surface area contributed by atoms with Crippen LogP contribution in [0.1, 0.15) is 0 Å². The first-order valence-electron chi connectivity index (χ1n) is 7.09. The Balaban J connectivity index is 1.63. The number of anilines is 1. The van der Waals surface area contributed by atoms with Crippen molar-refractivity contribution in [2.45, 2.75) is 0 Å².